The van der Waals surface area contributed by atoms with Crippen molar-refractivity contribution < 1.29 is 27.4 Å². The number of aliphatic carboxylic acids is 1. The van der Waals surface area contributed by atoms with Crippen LogP contribution in [0.4, 0.5) is 4.39 Å². The van der Waals surface area contributed by atoms with Gasteiger partial charge in [-0.3, -0.25) is 0 Å². The van der Waals surface area contributed by atoms with Gasteiger partial charge in [-0.25, -0.2) is 17.6 Å². The highest BCUT2D eigenvalue weighted by molar-refractivity contribution is 7.90. The van der Waals surface area contributed by atoms with Crippen LogP contribution in [-0.4, -0.2) is 31.9 Å². The van der Waals surface area contributed by atoms with Gasteiger partial charge in [0.25, 0.3) is 0 Å². The normalized spacial score (nSPS) is 12.7. The van der Waals surface area contributed by atoms with E-state index in [0.717, 1.165) is 18.4 Å². The molecule has 2 aromatic rings. The fourth-order valence-corrected chi connectivity index (χ4v) is 3.00. The Kier molecular flexibility index (Phi) is 5.15. The number of halogens is 2. The number of sulfone groups is 1. The number of carboxylic acids is 1. The molecule has 1 atom stereocenters. The highest BCUT2D eigenvalue weighted by Gasteiger charge is 2.18. The Bertz CT molecular complexity index is 895. The van der Waals surface area contributed by atoms with Crippen LogP contribution in [0.25, 0.3) is 11.1 Å². The van der Waals surface area contributed by atoms with Crippen LogP contribution < -0.4 is 4.74 Å². The van der Waals surface area contributed by atoms with Gasteiger partial charge in [-0.1, -0.05) is 17.7 Å². The second kappa shape index (κ2) is 6.78. The van der Waals surface area contributed by atoms with E-state index in [2.05, 4.69) is 0 Å². The third kappa shape index (κ3) is 4.04. The highest BCUT2D eigenvalue weighted by atomic mass is 35.5. The summed E-state index contributed by atoms with van der Waals surface area (Å²) in [4.78, 5) is 11.0. The van der Waals surface area contributed by atoms with Gasteiger partial charge in [0.2, 0.25) is 0 Å². The van der Waals surface area contributed by atoms with E-state index in [0.29, 0.717) is 5.56 Å². The standard InChI is InChI=1S/C16H14ClFO5S/c1-9(16(19)20)23-15-6-3-10(18)7-13(15)12-5-4-11(8-14(12)17)24(2,21)22/h3-9H,1-2H3,(H,19,20)/t9-/m0/s1. The van der Waals surface area contributed by atoms with Gasteiger partial charge in [0.1, 0.15) is 11.6 Å². The Balaban J connectivity index is 2.56. The fraction of sp³-hybridized carbons (Fsp3) is 0.188. The van der Waals surface area contributed by atoms with Crippen molar-refractivity contribution in [2.24, 2.45) is 0 Å². The van der Waals surface area contributed by atoms with Gasteiger partial charge in [-0.15, -0.1) is 0 Å². The van der Waals surface area contributed by atoms with Gasteiger partial charge in [0.15, 0.2) is 15.9 Å². The van der Waals surface area contributed by atoms with Crippen LogP contribution in [0.3, 0.4) is 0 Å². The van der Waals surface area contributed by atoms with Crippen LogP contribution in [-0.2, 0) is 14.6 Å². The zero-order chi connectivity index (χ0) is 18.1. The monoisotopic (exact) mass is 372 g/mol. The van der Waals surface area contributed by atoms with Gasteiger partial charge >= 0.3 is 5.97 Å². The van der Waals surface area contributed by atoms with Gasteiger partial charge < -0.3 is 9.84 Å². The second-order valence-corrected chi connectivity index (χ2v) is 7.58. The highest BCUT2D eigenvalue weighted by Crippen LogP contribution is 2.37. The third-order valence-electron chi connectivity index (χ3n) is 3.25. The van der Waals surface area contributed by atoms with E-state index in [4.69, 9.17) is 21.4 Å². The molecule has 0 aromatic heterocycles. The largest absolute Gasteiger partial charge is 0.479 e. The van der Waals surface area contributed by atoms with E-state index in [9.17, 15) is 17.6 Å². The second-order valence-electron chi connectivity index (χ2n) is 5.15. The minimum absolute atomic E-state index is 0.0222. The number of benzene rings is 2. The maximum atomic E-state index is 13.6. The number of ether oxygens (including phenoxy) is 1. The van der Waals surface area contributed by atoms with Crippen LogP contribution in [0.2, 0.25) is 5.02 Å². The van der Waals surface area contributed by atoms with E-state index in [1.807, 2.05) is 0 Å². The molecule has 0 aliphatic heterocycles. The van der Waals surface area contributed by atoms with Gasteiger partial charge in [-0.05, 0) is 37.3 Å². The molecule has 0 aliphatic rings. The smallest absolute Gasteiger partial charge is 0.344 e. The molecule has 0 amide bonds. The van der Waals surface area contributed by atoms with Crippen LogP contribution in [0.15, 0.2) is 41.3 Å². The maximum Gasteiger partial charge on any atom is 0.344 e. The number of carbonyl (C=O) groups is 1. The third-order valence-corrected chi connectivity index (χ3v) is 4.67. The van der Waals surface area contributed by atoms with Crippen LogP contribution in [0.5, 0.6) is 5.75 Å². The zero-order valence-electron chi connectivity index (χ0n) is 12.8. The number of hydrogen-bond acceptors (Lipinski definition) is 4. The molecule has 2 aromatic carbocycles. The number of rotatable bonds is 5. The summed E-state index contributed by atoms with van der Waals surface area (Å²) in [7, 11) is -3.44. The lowest BCUT2D eigenvalue weighted by Gasteiger charge is -2.16. The summed E-state index contributed by atoms with van der Waals surface area (Å²) in [5.41, 5.74) is 0.560. The Hall–Kier alpha value is -2.12. The topological polar surface area (TPSA) is 80.7 Å². The van der Waals surface area contributed by atoms with Crippen molar-refractivity contribution in [2.45, 2.75) is 17.9 Å². The molecule has 24 heavy (non-hydrogen) atoms. The molecule has 5 nitrogen and oxygen atoms in total. The summed E-state index contributed by atoms with van der Waals surface area (Å²) in [5.74, 6) is -1.62. The molecule has 0 fully saturated rings. The van der Waals surface area contributed by atoms with E-state index in [1.54, 1.807) is 0 Å². The van der Waals surface area contributed by atoms with Crippen LogP contribution in [0.1, 0.15) is 6.92 Å². The molecule has 1 N–H and O–H groups in total. The first-order valence-electron chi connectivity index (χ1n) is 6.78. The summed E-state index contributed by atoms with van der Waals surface area (Å²) in [6, 6.07) is 7.58. The SMILES string of the molecule is C[C@H](Oc1ccc(F)cc1-c1ccc(S(C)(=O)=O)cc1Cl)C(=O)O. The molecule has 2 rings (SSSR count). The molecule has 0 bridgehead atoms. The predicted molar refractivity (Wildman–Crippen MR) is 87.7 cm³/mol. The van der Waals surface area contributed by atoms with Crippen molar-refractivity contribution in [2.75, 3.05) is 6.26 Å². The average molecular weight is 373 g/mol. The Morgan fingerprint density at radius 3 is 2.42 bits per heavy atom. The minimum Gasteiger partial charge on any atom is -0.479 e. The first kappa shape index (κ1) is 18.2. The summed E-state index contributed by atoms with van der Waals surface area (Å²) in [5, 5.41) is 9.03. The maximum absolute atomic E-state index is 13.6. The Labute approximate surface area is 143 Å². The molecular weight excluding hydrogens is 359 g/mol. The Morgan fingerprint density at radius 1 is 1.21 bits per heavy atom. The molecule has 0 radical (unpaired) electrons. The molecular formula is C16H14ClFO5S. The van der Waals surface area contributed by atoms with Crippen molar-refractivity contribution in [3.63, 3.8) is 0 Å². The van der Waals surface area contributed by atoms with Crippen molar-refractivity contribution in [1.29, 1.82) is 0 Å². The lowest BCUT2D eigenvalue weighted by molar-refractivity contribution is -0.144. The van der Waals surface area contributed by atoms with E-state index in [-0.39, 0.29) is 21.2 Å². The minimum atomic E-state index is -3.44. The quantitative estimate of drug-likeness (QED) is 0.870. The van der Waals surface area contributed by atoms with E-state index < -0.39 is 27.7 Å². The van der Waals surface area contributed by atoms with E-state index >= 15 is 0 Å². The van der Waals surface area contributed by atoms with Gasteiger partial charge in [0.05, 0.1) is 4.90 Å². The lowest BCUT2D eigenvalue weighted by Crippen LogP contribution is -2.23. The summed E-state index contributed by atoms with van der Waals surface area (Å²) < 4.78 is 42.1. The molecule has 0 saturated carbocycles. The summed E-state index contributed by atoms with van der Waals surface area (Å²) in [6.45, 7) is 1.34. The van der Waals surface area contributed by atoms with Gasteiger partial charge in [0, 0.05) is 22.4 Å². The zero-order valence-corrected chi connectivity index (χ0v) is 14.4. The van der Waals surface area contributed by atoms with Crippen LogP contribution >= 0.6 is 11.6 Å². The molecule has 8 heteroatoms. The van der Waals surface area contributed by atoms with Crippen molar-refractivity contribution >= 4 is 27.4 Å². The fourth-order valence-electron chi connectivity index (χ4n) is 2.00. The lowest BCUT2D eigenvalue weighted by atomic mass is 10.0. The number of hydrogen-bond donors (Lipinski definition) is 1. The van der Waals surface area contributed by atoms with Crippen molar-refractivity contribution in [1.82, 2.24) is 0 Å². The van der Waals surface area contributed by atoms with Crippen molar-refractivity contribution in [3.8, 4) is 16.9 Å². The first-order chi connectivity index (χ1) is 11.1. The van der Waals surface area contributed by atoms with E-state index in [1.165, 1.54) is 31.2 Å². The van der Waals surface area contributed by atoms with Gasteiger partial charge in [-0.2, -0.15) is 0 Å². The van der Waals surface area contributed by atoms with Crippen LogP contribution in [0, 0.1) is 5.82 Å². The molecule has 0 saturated heterocycles. The molecule has 128 valence electrons. The summed E-state index contributed by atoms with van der Waals surface area (Å²) in [6.07, 6.45) is -0.105. The molecule has 0 spiro atoms. The number of carboxylic acid groups (broad SMARTS) is 1. The molecule has 0 unspecified atom stereocenters. The molecule has 0 heterocycles. The van der Waals surface area contributed by atoms with Crippen molar-refractivity contribution in [3.05, 3.63) is 47.2 Å². The summed E-state index contributed by atoms with van der Waals surface area (Å²) >= 11 is 6.13. The first-order valence-corrected chi connectivity index (χ1v) is 9.05. The Morgan fingerprint density at radius 2 is 1.88 bits per heavy atom. The predicted octanol–water partition coefficient (Wildman–Crippen LogP) is 3.40. The average Bonchev–Trinajstić information content (AvgIpc) is 2.48. The molecule has 0 aliphatic carbocycles.